The molecule has 0 aromatic carbocycles. The van der Waals surface area contributed by atoms with Crippen LogP contribution in [0.25, 0.3) is 0 Å². The molecule has 0 unspecified atom stereocenters. The second-order valence-corrected chi connectivity index (χ2v) is 4.30. The van der Waals surface area contributed by atoms with Gasteiger partial charge in [0.05, 0.1) is 6.33 Å². The zero-order valence-corrected chi connectivity index (χ0v) is 12.1. The third kappa shape index (κ3) is 5.33. The van der Waals surface area contributed by atoms with Crippen molar-refractivity contribution in [2.24, 2.45) is 0 Å². The van der Waals surface area contributed by atoms with E-state index in [4.69, 9.17) is 4.74 Å². The highest BCUT2D eigenvalue weighted by Gasteiger charge is 2.03. The van der Waals surface area contributed by atoms with Crippen LogP contribution in [-0.2, 0) is 4.74 Å². The summed E-state index contributed by atoms with van der Waals surface area (Å²) in [6.45, 7) is 2.00. The summed E-state index contributed by atoms with van der Waals surface area (Å²) >= 11 is 0. The van der Waals surface area contributed by atoms with E-state index in [1.807, 2.05) is 0 Å². The molecule has 8 nitrogen and oxygen atoms in total. The SMILES string of the molecule is C1CCOC1.O=C(n1ccnc1)n1ccnc1.c1c[nH]cn1. The molecule has 1 saturated heterocycles. The van der Waals surface area contributed by atoms with Crippen LogP contribution < -0.4 is 0 Å². The molecule has 8 heteroatoms. The first-order chi connectivity index (χ1) is 10.9. The Balaban J connectivity index is 0.000000145. The Hall–Kier alpha value is -2.74. The fourth-order valence-electron chi connectivity index (χ4n) is 1.60. The van der Waals surface area contributed by atoms with Crippen LogP contribution in [0.2, 0.25) is 0 Å². The molecule has 3 aromatic rings. The molecule has 0 bridgehead atoms. The highest BCUT2D eigenvalue weighted by Crippen LogP contribution is 1.98. The molecule has 0 spiro atoms. The number of aromatic amines is 1. The van der Waals surface area contributed by atoms with Crippen LogP contribution in [0.1, 0.15) is 12.8 Å². The summed E-state index contributed by atoms with van der Waals surface area (Å²) in [7, 11) is 0. The summed E-state index contributed by atoms with van der Waals surface area (Å²) in [5.41, 5.74) is 0. The van der Waals surface area contributed by atoms with Gasteiger partial charge in [0.1, 0.15) is 12.7 Å². The largest absolute Gasteiger partial charge is 0.381 e. The van der Waals surface area contributed by atoms with Gasteiger partial charge in [0.2, 0.25) is 0 Å². The molecule has 0 atom stereocenters. The van der Waals surface area contributed by atoms with E-state index in [1.165, 1.54) is 34.6 Å². The third-order valence-corrected chi connectivity index (χ3v) is 2.68. The molecule has 4 rings (SSSR count). The van der Waals surface area contributed by atoms with Gasteiger partial charge >= 0.3 is 6.03 Å². The predicted molar refractivity (Wildman–Crippen MR) is 79.3 cm³/mol. The lowest BCUT2D eigenvalue weighted by atomic mass is 10.4. The summed E-state index contributed by atoms with van der Waals surface area (Å²) in [6, 6.07) is -0.190. The molecule has 0 aliphatic carbocycles. The van der Waals surface area contributed by atoms with Crippen molar-refractivity contribution in [2.45, 2.75) is 12.8 Å². The Labute approximate surface area is 127 Å². The van der Waals surface area contributed by atoms with Crippen LogP contribution in [-0.4, -0.2) is 48.3 Å². The molecule has 0 radical (unpaired) electrons. The van der Waals surface area contributed by atoms with Crippen molar-refractivity contribution in [1.82, 2.24) is 29.1 Å². The normalized spacial score (nSPS) is 12.7. The fraction of sp³-hybridized carbons (Fsp3) is 0.286. The zero-order valence-electron chi connectivity index (χ0n) is 12.1. The van der Waals surface area contributed by atoms with Gasteiger partial charge in [0.25, 0.3) is 0 Å². The Morgan fingerprint density at radius 2 is 1.59 bits per heavy atom. The smallest absolute Gasteiger partial charge is 0.338 e. The van der Waals surface area contributed by atoms with Crippen molar-refractivity contribution in [2.75, 3.05) is 13.2 Å². The number of aromatic nitrogens is 6. The highest BCUT2D eigenvalue weighted by molar-refractivity contribution is 5.78. The molecule has 4 heterocycles. The Bertz CT molecular complexity index is 539. The van der Waals surface area contributed by atoms with Gasteiger partial charge in [0, 0.05) is 50.4 Å². The standard InChI is InChI=1S/C7H6N4O.C4H8O.C3H4N2/c12-7(10-3-1-8-5-10)11-4-2-9-6-11;1-2-4-5-3-1;1-2-5-3-4-1/h1-6H;1-4H2;1-3H,(H,4,5). The number of H-pyrrole nitrogens is 1. The number of hydrogen-bond acceptors (Lipinski definition) is 5. The van der Waals surface area contributed by atoms with Crippen LogP contribution >= 0.6 is 0 Å². The number of ether oxygens (including phenoxy) is 1. The molecule has 0 amide bonds. The summed E-state index contributed by atoms with van der Waals surface area (Å²) in [6.07, 6.45) is 16.8. The second kappa shape index (κ2) is 9.24. The maximum atomic E-state index is 11.4. The van der Waals surface area contributed by atoms with Gasteiger partial charge in [-0.15, -0.1) is 0 Å². The first-order valence-electron chi connectivity index (χ1n) is 6.89. The first kappa shape index (κ1) is 15.6. The Kier molecular flexibility index (Phi) is 6.57. The van der Waals surface area contributed by atoms with E-state index in [2.05, 4.69) is 19.9 Å². The number of nitrogens with one attached hydrogen (secondary N) is 1. The number of carbonyl (C=O) groups excluding carboxylic acids is 1. The lowest BCUT2D eigenvalue weighted by molar-refractivity contribution is 0.198. The molecule has 1 N–H and O–H groups in total. The van der Waals surface area contributed by atoms with Gasteiger partial charge in [-0.25, -0.2) is 19.7 Å². The Morgan fingerprint density at radius 1 is 0.955 bits per heavy atom. The molecule has 0 saturated carbocycles. The molecule has 22 heavy (non-hydrogen) atoms. The summed E-state index contributed by atoms with van der Waals surface area (Å²) in [4.78, 5) is 25.4. The predicted octanol–water partition coefficient (Wildman–Crippen LogP) is 1.80. The highest BCUT2D eigenvalue weighted by atomic mass is 16.5. The molecule has 3 aromatic heterocycles. The number of carbonyl (C=O) groups is 1. The van der Waals surface area contributed by atoms with Gasteiger partial charge in [-0.2, -0.15) is 0 Å². The zero-order chi connectivity index (χ0) is 15.5. The van der Waals surface area contributed by atoms with Crippen LogP contribution in [0.4, 0.5) is 4.79 Å². The minimum atomic E-state index is -0.190. The van der Waals surface area contributed by atoms with Crippen LogP contribution in [0.5, 0.6) is 0 Å². The summed E-state index contributed by atoms with van der Waals surface area (Å²) < 4.78 is 7.70. The molecule has 1 fully saturated rings. The Morgan fingerprint density at radius 3 is 1.86 bits per heavy atom. The van der Waals surface area contributed by atoms with E-state index in [1.54, 1.807) is 43.5 Å². The van der Waals surface area contributed by atoms with E-state index in [-0.39, 0.29) is 6.03 Å². The second-order valence-electron chi connectivity index (χ2n) is 4.30. The average molecular weight is 302 g/mol. The first-order valence-corrected chi connectivity index (χ1v) is 6.89. The number of imidazole rings is 3. The minimum Gasteiger partial charge on any atom is -0.381 e. The number of rotatable bonds is 0. The lowest BCUT2D eigenvalue weighted by Gasteiger charge is -1.98. The summed E-state index contributed by atoms with van der Waals surface area (Å²) in [5, 5.41) is 0. The van der Waals surface area contributed by atoms with Gasteiger partial charge in [-0.3, -0.25) is 9.13 Å². The maximum absolute atomic E-state index is 11.4. The van der Waals surface area contributed by atoms with Gasteiger partial charge in [0.15, 0.2) is 0 Å². The van der Waals surface area contributed by atoms with Crippen LogP contribution in [0.15, 0.2) is 56.2 Å². The maximum Gasteiger partial charge on any atom is 0.338 e. The van der Waals surface area contributed by atoms with Gasteiger partial charge in [-0.05, 0) is 12.8 Å². The molecular weight excluding hydrogens is 284 g/mol. The number of nitrogens with zero attached hydrogens (tertiary/aromatic N) is 5. The fourth-order valence-corrected chi connectivity index (χ4v) is 1.60. The van der Waals surface area contributed by atoms with Crippen LogP contribution in [0.3, 0.4) is 0 Å². The monoisotopic (exact) mass is 302 g/mol. The number of hydrogen-bond donors (Lipinski definition) is 1. The molecule has 1 aliphatic heterocycles. The van der Waals surface area contributed by atoms with Crippen molar-refractivity contribution < 1.29 is 9.53 Å². The lowest BCUT2D eigenvalue weighted by Crippen LogP contribution is -2.15. The van der Waals surface area contributed by atoms with E-state index in [9.17, 15) is 4.79 Å². The van der Waals surface area contributed by atoms with Crippen LogP contribution in [0, 0.1) is 0 Å². The van der Waals surface area contributed by atoms with E-state index in [0.29, 0.717) is 0 Å². The third-order valence-electron chi connectivity index (χ3n) is 2.68. The van der Waals surface area contributed by atoms with Crippen molar-refractivity contribution >= 4 is 6.03 Å². The van der Waals surface area contributed by atoms with Crippen molar-refractivity contribution in [1.29, 1.82) is 0 Å². The van der Waals surface area contributed by atoms with E-state index in [0.717, 1.165) is 13.2 Å². The van der Waals surface area contributed by atoms with Crippen molar-refractivity contribution in [3.05, 3.63) is 56.2 Å². The molecular formula is C14H18N6O2. The summed E-state index contributed by atoms with van der Waals surface area (Å²) in [5.74, 6) is 0. The van der Waals surface area contributed by atoms with E-state index < -0.39 is 0 Å². The van der Waals surface area contributed by atoms with Crippen molar-refractivity contribution in [3.63, 3.8) is 0 Å². The minimum absolute atomic E-state index is 0.190. The average Bonchev–Trinajstić information content (AvgIpc) is 3.42. The topological polar surface area (TPSA) is 90.6 Å². The van der Waals surface area contributed by atoms with Gasteiger partial charge < -0.3 is 9.72 Å². The molecule has 116 valence electrons. The van der Waals surface area contributed by atoms with Gasteiger partial charge in [-0.1, -0.05) is 0 Å². The quantitative estimate of drug-likeness (QED) is 0.684. The van der Waals surface area contributed by atoms with Crippen molar-refractivity contribution in [3.8, 4) is 0 Å². The van der Waals surface area contributed by atoms with E-state index >= 15 is 0 Å². The molecule has 1 aliphatic rings.